The van der Waals surface area contributed by atoms with Crippen LogP contribution in [0.5, 0.6) is 5.75 Å². The fourth-order valence-electron chi connectivity index (χ4n) is 2.41. The molecule has 1 saturated heterocycles. The standard InChI is InChI=1S/C14H23N3O/c1-3-18-13-8-6-9-15-14(13)16-11-12-7-4-5-10-17(12)2/h6,8-9,12H,3-5,7,10-11H2,1-2H3,(H,15,16). The zero-order chi connectivity index (χ0) is 12.8. The molecule has 0 aliphatic carbocycles. The van der Waals surface area contributed by atoms with Gasteiger partial charge in [0, 0.05) is 18.8 Å². The number of anilines is 1. The van der Waals surface area contributed by atoms with E-state index in [2.05, 4.69) is 22.2 Å². The Bertz CT molecular complexity index is 370. The summed E-state index contributed by atoms with van der Waals surface area (Å²) in [5.74, 6) is 1.71. The largest absolute Gasteiger partial charge is 0.490 e. The minimum atomic E-state index is 0.607. The van der Waals surface area contributed by atoms with Crippen LogP contribution in [-0.2, 0) is 0 Å². The summed E-state index contributed by atoms with van der Waals surface area (Å²) in [6, 6.07) is 4.47. The summed E-state index contributed by atoms with van der Waals surface area (Å²) in [6.45, 7) is 4.80. The van der Waals surface area contributed by atoms with Gasteiger partial charge in [-0.2, -0.15) is 0 Å². The highest BCUT2D eigenvalue weighted by Gasteiger charge is 2.18. The first-order chi connectivity index (χ1) is 8.81. The quantitative estimate of drug-likeness (QED) is 0.869. The number of rotatable bonds is 5. The van der Waals surface area contributed by atoms with Crippen LogP contribution in [-0.4, -0.2) is 42.7 Å². The smallest absolute Gasteiger partial charge is 0.168 e. The van der Waals surface area contributed by atoms with Crippen LogP contribution in [0.4, 0.5) is 5.82 Å². The summed E-state index contributed by atoms with van der Waals surface area (Å²) in [4.78, 5) is 6.78. The van der Waals surface area contributed by atoms with Crippen molar-refractivity contribution >= 4 is 5.82 Å². The van der Waals surface area contributed by atoms with Gasteiger partial charge in [0.15, 0.2) is 11.6 Å². The maximum atomic E-state index is 5.57. The molecule has 18 heavy (non-hydrogen) atoms. The first-order valence-electron chi connectivity index (χ1n) is 6.83. The van der Waals surface area contributed by atoms with Gasteiger partial charge in [-0.1, -0.05) is 6.42 Å². The first kappa shape index (κ1) is 13.1. The lowest BCUT2D eigenvalue weighted by atomic mass is 10.0. The zero-order valence-electron chi connectivity index (χ0n) is 11.4. The molecule has 1 atom stereocenters. The maximum Gasteiger partial charge on any atom is 0.168 e. The molecule has 0 saturated carbocycles. The Morgan fingerprint density at radius 2 is 2.39 bits per heavy atom. The third-order valence-corrected chi connectivity index (χ3v) is 3.50. The van der Waals surface area contributed by atoms with Gasteiger partial charge in [0.1, 0.15) is 0 Å². The summed E-state index contributed by atoms with van der Waals surface area (Å²) in [5, 5.41) is 3.42. The SMILES string of the molecule is CCOc1cccnc1NCC1CCCCN1C. The van der Waals surface area contributed by atoms with Crippen molar-refractivity contribution in [3.63, 3.8) is 0 Å². The fourth-order valence-corrected chi connectivity index (χ4v) is 2.41. The van der Waals surface area contributed by atoms with Crippen molar-refractivity contribution in [2.24, 2.45) is 0 Å². The number of piperidine rings is 1. The number of nitrogens with zero attached hydrogens (tertiary/aromatic N) is 2. The van der Waals surface area contributed by atoms with Crippen molar-refractivity contribution in [3.8, 4) is 5.75 Å². The fraction of sp³-hybridized carbons (Fsp3) is 0.643. The number of hydrogen-bond donors (Lipinski definition) is 1. The van der Waals surface area contributed by atoms with Crippen LogP contribution < -0.4 is 10.1 Å². The highest BCUT2D eigenvalue weighted by atomic mass is 16.5. The molecule has 1 aliphatic heterocycles. The molecule has 2 heterocycles. The predicted octanol–water partition coefficient (Wildman–Crippen LogP) is 2.38. The number of aromatic nitrogens is 1. The van der Waals surface area contributed by atoms with E-state index < -0.39 is 0 Å². The van der Waals surface area contributed by atoms with Gasteiger partial charge in [0.2, 0.25) is 0 Å². The van der Waals surface area contributed by atoms with E-state index >= 15 is 0 Å². The second-order valence-corrected chi connectivity index (χ2v) is 4.79. The molecule has 1 fully saturated rings. The Labute approximate surface area is 109 Å². The van der Waals surface area contributed by atoms with Gasteiger partial charge in [0.25, 0.3) is 0 Å². The predicted molar refractivity (Wildman–Crippen MR) is 74.2 cm³/mol. The lowest BCUT2D eigenvalue weighted by Gasteiger charge is -2.32. The molecule has 4 nitrogen and oxygen atoms in total. The Morgan fingerprint density at radius 3 is 3.17 bits per heavy atom. The van der Waals surface area contributed by atoms with Gasteiger partial charge in [-0.3, -0.25) is 0 Å². The molecule has 0 aromatic carbocycles. The Balaban J connectivity index is 1.92. The van der Waals surface area contributed by atoms with Crippen molar-refractivity contribution < 1.29 is 4.74 Å². The summed E-state index contributed by atoms with van der Waals surface area (Å²) in [7, 11) is 2.20. The molecule has 1 unspecified atom stereocenters. The zero-order valence-corrected chi connectivity index (χ0v) is 11.4. The highest BCUT2D eigenvalue weighted by molar-refractivity contribution is 5.49. The van der Waals surface area contributed by atoms with Gasteiger partial charge < -0.3 is 15.0 Å². The average Bonchev–Trinajstić information content (AvgIpc) is 2.40. The first-order valence-corrected chi connectivity index (χ1v) is 6.83. The van der Waals surface area contributed by atoms with E-state index in [9.17, 15) is 0 Å². The highest BCUT2D eigenvalue weighted by Crippen LogP contribution is 2.22. The van der Waals surface area contributed by atoms with E-state index in [1.165, 1.54) is 25.8 Å². The third-order valence-electron chi connectivity index (χ3n) is 3.50. The van der Waals surface area contributed by atoms with Gasteiger partial charge in [-0.15, -0.1) is 0 Å². The van der Waals surface area contributed by atoms with E-state index in [4.69, 9.17) is 4.74 Å². The molecule has 1 aliphatic rings. The molecule has 1 aromatic rings. The second-order valence-electron chi connectivity index (χ2n) is 4.79. The van der Waals surface area contributed by atoms with Crippen molar-refractivity contribution in [1.82, 2.24) is 9.88 Å². The molecular formula is C14H23N3O. The molecule has 0 amide bonds. The topological polar surface area (TPSA) is 37.4 Å². The second kappa shape index (κ2) is 6.59. The van der Waals surface area contributed by atoms with Crippen LogP contribution in [0.1, 0.15) is 26.2 Å². The van der Waals surface area contributed by atoms with Gasteiger partial charge in [-0.25, -0.2) is 4.98 Å². The van der Waals surface area contributed by atoms with E-state index in [1.54, 1.807) is 6.20 Å². The molecule has 0 bridgehead atoms. The van der Waals surface area contributed by atoms with Gasteiger partial charge >= 0.3 is 0 Å². The monoisotopic (exact) mass is 249 g/mol. The average molecular weight is 249 g/mol. The molecule has 0 radical (unpaired) electrons. The third kappa shape index (κ3) is 3.35. The van der Waals surface area contributed by atoms with Crippen LogP contribution >= 0.6 is 0 Å². The summed E-state index contributed by atoms with van der Waals surface area (Å²) in [6.07, 6.45) is 5.72. The number of ether oxygens (including phenoxy) is 1. The van der Waals surface area contributed by atoms with E-state index in [0.29, 0.717) is 12.6 Å². The van der Waals surface area contributed by atoms with Crippen LogP contribution in [0.15, 0.2) is 18.3 Å². The van der Waals surface area contributed by atoms with Crippen LogP contribution in [0.2, 0.25) is 0 Å². The normalized spacial score (nSPS) is 20.7. The summed E-state index contributed by atoms with van der Waals surface area (Å²) in [5.41, 5.74) is 0. The minimum absolute atomic E-state index is 0.607. The van der Waals surface area contributed by atoms with Gasteiger partial charge in [0.05, 0.1) is 6.61 Å². The lowest BCUT2D eigenvalue weighted by Crippen LogP contribution is -2.40. The Hall–Kier alpha value is -1.29. The lowest BCUT2D eigenvalue weighted by molar-refractivity contribution is 0.194. The molecule has 1 N–H and O–H groups in total. The number of likely N-dealkylation sites (tertiary alicyclic amines) is 1. The van der Waals surface area contributed by atoms with Crippen LogP contribution in [0, 0.1) is 0 Å². The summed E-state index contributed by atoms with van der Waals surface area (Å²) < 4.78 is 5.57. The van der Waals surface area contributed by atoms with Gasteiger partial charge in [-0.05, 0) is 45.5 Å². The molecule has 4 heteroatoms. The van der Waals surface area contributed by atoms with Crippen molar-refractivity contribution in [2.45, 2.75) is 32.2 Å². The van der Waals surface area contributed by atoms with Crippen molar-refractivity contribution in [1.29, 1.82) is 0 Å². The number of likely N-dealkylation sites (N-methyl/N-ethyl adjacent to an activating group) is 1. The number of pyridine rings is 1. The van der Waals surface area contributed by atoms with Crippen LogP contribution in [0.3, 0.4) is 0 Å². The minimum Gasteiger partial charge on any atom is -0.490 e. The maximum absolute atomic E-state index is 5.57. The Kier molecular flexibility index (Phi) is 4.81. The molecule has 0 spiro atoms. The number of hydrogen-bond acceptors (Lipinski definition) is 4. The Morgan fingerprint density at radius 1 is 1.50 bits per heavy atom. The molecule has 1 aromatic heterocycles. The van der Waals surface area contributed by atoms with E-state index in [-0.39, 0.29) is 0 Å². The molecular weight excluding hydrogens is 226 g/mol. The van der Waals surface area contributed by atoms with Crippen molar-refractivity contribution in [3.05, 3.63) is 18.3 Å². The number of nitrogens with one attached hydrogen (secondary N) is 1. The summed E-state index contributed by atoms with van der Waals surface area (Å²) >= 11 is 0. The molecule has 100 valence electrons. The molecule has 2 rings (SSSR count). The van der Waals surface area contributed by atoms with Crippen molar-refractivity contribution in [2.75, 3.05) is 32.1 Å². The van der Waals surface area contributed by atoms with E-state index in [1.807, 2.05) is 19.1 Å². The van der Waals surface area contributed by atoms with Crippen LogP contribution in [0.25, 0.3) is 0 Å². The van der Waals surface area contributed by atoms with E-state index in [0.717, 1.165) is 18.1 Å².